The third kappa shape index (κ3) is 5.11. The first-order valence-electron chi connectivity index (χ1n) is 5.67. The molecule has 1 aromatic carbocycles. The molecule has 1 aromatic rings. The van der Waals surface area contributed by atoms with Crippen LogP contribution in [-0.4, -0.2) is 17.4 Å². The van der Waals surface area contributed by atoms with E-state index in [0.717, 1.165) is 10.4 Å². The van der Waals surface area contributed by atoms with Gasteiger partial charge in [-0.2, -0.15) is 11.8 Å². The summed E-state index contributed by atoms with van der Waals surface area (Å²) in [6, 6.07) is 8.53. The Balaban J connectivity index is 2.44. The maximum absolute atomic E-state index is 6.04. The molecule has 0 aliphatic carbocycles. The second-order valence-electron chi connectivity index (χ2n) is 3.74. The van der Waals surface area contributed by atoms with Gasteiger partial charge in [0.1, 0.15) is 0 Å². The maximum atomic E-state index is 6.04. The van der Waals surface area contributed by atoms with Crippen molar-refractivity contribution in [3.63, 3.8) is 0 Å². The molecule has 0 radical (unpaired) electrons. The number of benzene rings is 1. The summed E-state index contributed by atoms with van der Waals surface area (Å²) < 4.78 is 1.13. The smallest absolute Gasteiger partial charge is 0.0292 e. The summed E-state index contributed by atoms with van der Waals surface area (Å²) in [5.41, 5.74) is 1.36. The number of thioether (sulfide) groups is 1. The van der Waals surface area contributed by atoms with Gasteiger partial charge in [-0.15, -0.1) is 11.6 Å². The van der Waals surface area contributed by atoms with Crippen molar-refractivity contribution in [3.05, 3.63) is 34.3 Å². The van der Waals surface area contributed by atoms with E-state index in [-0.39, 0.29) is 0 Å². The lowest BCUT2D eigenvalue weighted by Gasteiger charge is -2.14. The third-order valence-electron chi connectivity index (χ3n) is 2.57. The fourth-order valence-corrected chi connectivity index (χ4v) is 2.90. The van der Waals surface area contributed by atoms with Crippen LogP contribution in [0.3, 0.4) is 0 Å². The molecule has 0 amide bonds. The highest BCUT2D eigenvalue weighted by Crippen LogP contribution is 2.25. The predicted molar refractivity (Wildman–Crippen MR) is 79.8 cm³/mol. The fourth-order valence-electron chi connectivity index (χ4n) is 1.64. The first-order chi connectivity index (χ1) is 7.77. The van der Waals surface area contributed by atoms with Crippen molar-refractivity contribution < 1.29 is 0 Å². The van der Waals surface area contributed by atoms with Gasteiger partial charge in [0.15, 0.2) is 0 Å². The Morgan fingerprint density at radius 3 is 2.56 bits per heavy atom. The van der Waals surface area contributed by atoms with Gasteiger partial charge in [0, 0.05) is 10.4 Å². The molecule has 0 spiro atoms. The van der Waals surface area contributed by atoms with Gasteiger partial charge in [-0.1, -0.05) is 35.0 Å². The van der Waals surface area contributed by atoms with Gasteiger partial charge < -0.3 is 0 Å². The average molecular weight is 322 g/mol. The molecule has 0 N–H and O–H groups in total. The highest BCUT2D eigenvalue weighted by Gasteiger charge is 2.09. The van der Waals surface area contributed by atoms with Crippen LogP contribution >= 0.6 is 39.3 Å². The van der Waals surface area contributed by atoms with Gasteiger partial charge in [0.25, 0.3) is 0 Å². The molecule has 0 aromatic heterocycles. The lowest BCUT2D eigenvalue weighted by Crippen LogP contribution is -2.01. The molecule has 0 aliphatic rings. The van der Waals surface area contributed by atoms with Crippen LogP contribution in [0.1, 0.15) is 31.2 Å². The summed E-state index contributed by atoms with van der Waals surface area (Å²) >= 11 is 11.5. The van der Waals surface area contributed by atoms with Crippen LogP contribution in [0.4, 0.5) is 0 Å². The summed E-state index contributed by atoms with van der Waals surface area (Å²) in [4.78, 5) is 0. The molecule has 16 heavy (non-hydrogen) atoms. The van der Waals surface area contributed by atoms with Crippen LogP contribution in [0, 0.1) is 0 Å². The van der Waals surface area contributed by atoms with E-state index in [1.807, 2.05) is 11.8 Å². The Labute approximate surface area is 116 Å². The van der Waals surface area contributed by atoms with E-state index in [9.17, 15) is 0 Å². The van der Waals surface area contributed by atoms with E-state index in [1.165, 1.54) is 29.9 Å². The standard InChI is InChI=1S/C13H18BrClS/c1-2-16-9-3-4-12(10-15)11-5-7-13(14)8-6-11/h5-8,12H,2-4,9-10H2,1H3. The molecule has 1 unspecified atom stereocenters. The Morgan fingerprint density at radius 2 is 2.00 bits per heavy atom. The largest absolute Gasteiger partial charge is 0.162 e. The zero-order valence-corrected chi connectivity index (χ0v) is 12.7. The summed E-state index contributed by atoms with van der Waals surface area (Å²) in [6.07, 6.45) is 2.45. The second kappa shape index (κ2) is 8.43. The minimum Gasteiger partial charge on any atom is -0.162 e. The molecule has 0 fully saturated rings. The van der Waals surface area contributed by atoms with Crippen molar-refractivity contribution >= 4 is 39.3 Å². The van der Waals surface area contributed by atoms with E-state index in [1.54, 1.807) is 0 Å². The van der Waals surface area contributed by atoms with E-state index in [0.29, 0.717) is 5.92 Å². The molecule has 1 atom stereocenters. The third-order valence-corrected chi connectivity index (χ3v) is 4.46. The SMILES string of the molecule is CCSCCCC(CCl)c1ccc(Br)cc1. The van der Waals surface area contributed by atoms with E-state index < -0.39 is 0 Å². The van der Waals surface area contributed by atoms with Gasteiger partial charge in [-0.3, -0.25) is 0 Å². The topological polar surface area (TPSA) is 0 Å². The molecule has 3 heteroatoms. The number of hydrogen-bond donors (Lipinski definition) is 0. The molecule has 0 bridgehead atoms. The zero-order chi connectivity index (χ0) is 11.8. The molecule has 0 saturated heterocycles. The Bertz CT molecular complexity index is 286. The molecule has 0 nitrogen and oxygen atoms in total. The summed E-state index contributed by atoms with van der Waals surface area (Å²) in [6.45, 7) is 2.21. The van der Waals surface area contributed by atoms with E-state index >= 15 is 0 Å². The van der Waals surface area contributed by atoms with Gasteiger partial charge >= 0.3 is 0 Å². The molecule has 0 aliphatic heterocycles. The van der Waals surface area contributed by atoms with E-state index in [4.69, 9.17) is 11.6 Å². The van der Waals surface area contributed by atoms with Crippen molar-refractivity contribution in [3.8, 4) is 0 Å². The van der Waals surface area contributed by atoms with Crippen LogP contribution in [0.15, 0.2) is 28.7 Å². The first-order valence-corrected chi connectivity index (χ1v) is 8.15. The Kier molecular flexibility index (Phi) is 7.59. The summed E-state index contributed by atoms with van der Waals surface area (Å²) in [5.74, 6) is 3.69. The first kappa shape index (κ1) is 14.4. The molecule has 0 saturated carbocycles. The molecule has 0 heterocycles. The molecular weight excluding hydrogens is 304 g/mol. The van der Waals surface area contributed by atoms with Crippen LogP contribution < -0.4 is 0 Å². The second-order valence-corrected chi connectivity index (χ2v) is 6.36. The van der Waals surface area contributed by atoms with Crippen LogP contribution in [0.5, 0.6) is 0 Å². The molecule has 1 rings (SSSR count). The monoisotopic (exact) mass is 320 g/mol. The average Bonchev–Trinajstić information content (AvgIpc) is 2.31. The maximum Gasteiger partial charge on any atom is 0.0292 e. The quantitative estimate of drug-likeness (QED) is 0.485. The Morgan fingerprint density at radius 1 is 1.31 bits per heavy atom. The lowest BCUT2D eigenvalue weighted by molar-refractivity contribution is 0.674. The normalized spacial score (nSPS) is 12.7. The highest BCUT2D eigenvalue weighted by atomic mass is 79.9. The summed E-state index contributed by atoms with van der Waals surface area (Å²) in [7, 11) is 0. The van der Waals surface area contributed by atoms with Crippen LogP contribution in [0.2, 0.25) is 0 Å². The summed E-state index contributed by atoms with van der Waals surface area (Å²) in [5, 5.41) is 0. The van der Waals surface area contributed by atoms with Gasteiger partial charge in [0.05, 0.1) is 0 Å². The lowest BCUT2D eigenvalue weighted by atomic mass is 9.96. The van der Waals surface area contributed by atoms with Crippen molar-refractivity contribution in [2.24, 2.45) is 0 Å². The predicted octanol–water partition coefficient (Wildman–Crippen LogP) is 5.30. The van der Waals surface area contributed by atoms with Crippen molar-refractivity contribution in [2.45, 2.75) is 25.7 Å². The number of halogens is 2. The van der Waals surface area contributed by atoms with Crippen LogP contribution in [-0.2, 0) is 0 Å². The van der Waals surface area contributed by atoms with E-state index in [2.05, 4.69) is 47.1 Å². The molecule has 90 valence electrons. The van der Waals surface area contributed by atoms with Gasteiger partial charge in [-0.25, -0.2) is 0 Å². The minimum absolute atomic E-state index is 0.507. The van der Waals surface area contributed by atoms with Crippen molar-refractivity contribution in [1.29, 1.82) is 0 Å². The highest BCUT2D eigenvalue weighted by molar-refractivity contribution is 9.10. The zero-order valence-electron chi connectivity index (χ0n) is 9.59. The van der Waals surface area contributed by atoms with Crippen molar-refractivity contribution in [2.75, 3.05) is 17.4 Å². The molecular formula is C13H18BrClS. The minimum atomic E-state index is 0.507. The van der Waals surface area contributed by atoms with Gasteiger partial charge in [0.2, 0.25) is 0 Å². The Hall–Kier alpha value is 0.340. The fraction of sp³-hybridized carbons (Fsp3) is 0.538. The number of alkyl halides is 1. The van der Waals surface area contributed by atoms with Crippen LogP contribution in [0.25, 0.3) is 0 Å². The van der Waals surface area contributed by atoms with Crippen molar-refractivity contribution in [1.82, 2.24) is 0 Å². The number of rotatable bonds is 7. The number of hydrogen-bond acceptors (Lipinski definition) is 1. The van der Waals surface area contributed by atoms with Gasteiger partial charge in [-0.05, 0) is 48.0 Å².